The molecular formula is C27H26FN7. The first-order chi connectivity index (χ1) is 17.1. The van der Waals surface area contributed by atoms with E-state index in [-0.39, 0.29) is 17.3 Å². The normalized spacial score (nSPS) is 19.2. The van der Waals surface area contributed by atoms with Crippen LogP contribution in [0.2, 0.25) is 0 Å². The van der Waals surface area contributed by atoms with Gasteiger partial charge in [0.05, 0.1) is 23.1 Å². The number of hydrogen-bond donors (Lipinski definition) is 2. The summed E-state index contributed by atoms with van der Waals surface area (Å²) in [6.07, 6.45) is 8.37. The fourth-order valence-corrected chi connectivity index (χ4v) is 6.24. The Labute approximate surface area is 201 Å². The second-order valence-electron chi connectivity index (χ2n) is 9.90. The first-order valence-corrected chi connectivity index (χ1v) is 12.1. The molecule has 7 nitrogen and oxygen atoms in total. The van der Waals surface area contributed by atoms with Gasteiger partial charge in [0.1, 0.15) is 11.3 Å². The molecule has 5 heterocycles. The van der Waals surface area contributed by atoms with Crippen molar-refractivity contribution < 1.29 is 4.39 Å². The van der Waals surface area contributed by atoms with Crippen molar-refractivity contribution in [3.8, 4) is 11.3 Å². The number of benzene rings is 1. The van der Waals surface area contributed by atoms with E-state index in [4.69, 9.17) is 10.7 Å². The Bertz CT molecular complexity index is 1590. The fourth-order valence-electron chi connectivity index (χ4n) is 6.24. The minimum atomic E-state index is -0.242. The van der Waals surface area contributed by atoms with Crippen molar-refractivity contribution in [2.24, 2.45) is 11.1 Å². The summed E-state index contributed by atoms with van der Waals surface area (Å²) in [5, 5.41) is 5.21. The summed E-state index contributed by atoms with van der Waals surface area (Å²) < 4.78 is 16.3. The number of H-pyrrole nitrogens is 1. The summed E-state index contributed by atoms with van der Waals surface area (Å²) in [5.74, 6) is 0.694. The maximum atomic E-state index is 14.3. The fraction of sp³-hybridized carbons (Fsp3) is 0.296. The maximum Gasteiger partial charge on any atom is 0.155 e. The summed E-state index contributed by atoms with van der Waals surface area (Å²) >= 11 is 0. The highest BCUT2D eigenvalue weighted by Gasteiger charge is 2.46. The second-order valence-corrected chi connectivity index (χ2v) is 9.90. The summed E-state index contributed by atoms with van der Waals surface area (Å²) in [6, 6.07) is 11.2. The Hall–Kier alpha value is -3.78. The van der Waals surface area contributed by atoms with Gasteiger partial charge in [-0.05, 0) is 67.5 Å². The standard InChI is InChI=1S/C27H26FN7/c1-16-24(19-4-5-20(28)17-6-11-31-23(17)19)35-22(7-12-32-35)26(33-16)34-13-8-27(9-14-34)15-21-18(25(27)29)3-2-10-30-21/h2-7,10-12,25,31H,8-9,13-15,29H2,1H3/t25-/m1/s1. The lowest BCUT2D eigenvalue weighted by Gasteiger charge is -2.42. The van der Waals surface area contributed by atoms with Crippen LogP contribution in [0.1, 0.15) is 35.8 Å². The van der Waals surface area contributed by atoms with E-state index in [2.05, 4.69) is 26.0 Å². The molecule has 5 aromatic rings. The summed E-state index contributed by atoms with van der Waals surface area (Å²) in [4.78, 5) is 15.2. The number of anilines is 1. The van der Waals surface area contributed by atoms with Gasteiger partial charge in [0.15, 0.2) is 5.82 Å². The Kier molecular flexibility index (Phi) is 4.33. The molecule has 35 heavy (non-hydrogen) atoms. The minimum absolute atomic E-state index is 0.0297. The van der Waals surface area contributed by atoms with Gasteiger partial charge in [0.25, 0.3) is 0 Å². The number of aryl methyl sites for hydroxylation is 1. The number of aromatic amines is 1. The average Bonchev–Trinajstić information content (AvgIpc) is 3.60. The third-order valence-electron chi connectivity index (χ3n) is 8.12. The van der Waals surface area contributed by atoms with Crippen LogP contribution in [0, 0.1) is 18.2 Å². The molecule has 0 unspecified atom stereocenters. The summed E-state index contributed by atoms with van der Waals surface area (Å²) in [7, 11) is 0. The van der Waals surface area contributed by atoms with Gasteiger partial charge in [-0.2, -0.15) is 5.10 Å². The van der Waals surface area contributed by atoms with Gasteiger partial charge in [0, 0.05) is 48.2 Å². The van der Waals surface area contributed by atoms with Gasteiger partial charge in [-0.3, -0.25) is 4.98 Å². The van der Waals surface area contributed by atoms with Crippen molar-refractivity contribution in [2.75, 3.05) is 18.0 Å². The van der Waals surface area contributed by atoms with Crippen LogP contribution in [0.5, 0.6) is 0 Å². The van der Waals surface area contributed by atoms with Gasteiger partial charge < -0.3 is 15.6 Å². The summed E-state index contributed by atoms with van der Waals surface area (Å²) in [5.41, 5.74) is 13.5. The van der Waals surface area contributed by atoms with E-state index in [0.29, 0.717) is 5.39 Å². The van der Waals surface area contributed by atoms with Gasteiger partial charge in [0.2, 0.25) is 0 Å². The molecule has 1 aromatic carbocycles. The maximum absolute atomic E-state index is 14.3. The van der Waals surface area contributed by atoms with Gasteiger partial charge in [-0.15, -0.1) is 0 Å². The largest absolute Gasteiger partial charge is 0.361 e. The van der Waals surface area contributed by atoms with Crippen molar-refractivity contribution in [3.63, 3.8) is 0 Å². The smallest absolute Gasteiger partial charge is 0.155 e. The highest BCUT2D eigenvalue weighted by Crippen LogP contribution is 2.50. The van der Waals surface area contributed by atoms with E-state index in [1.807, 2.05) is 29.8 Å². The molecule has 0 radical (unpaired) electrons. The van der Waals surface area contributed by atoms with Crippen LogP contribution in [0.4, 0.5) is 10.2 Å². The molecule has 176 valence electrons. The number of fused-ring (bicyclic) bond motifs is 3. The number of pyridine rings is 1. The molecule has 1 aliphatic heterocycles. The number of nitrogens with one attached hydrogen (secondary N) is 1. The molecule has 0 bridgehead atoms. The molecule has 2 aliphatic rings. The molecule has 0 saturated carbocycles. The van der Waals surface area contributed by atoms with Crippen LogP contribution in [-0.4, -0.2) is 37.7 Å². The predicted octanol–water partition coefficient (Wildman–Crippen LogP) is 4.56. The topological polar surface area (TPSA) is 88.1 Å². The Morgan fingerprint density at radius 2 is 1.97 bits per heavy atom. The number of hydrogen-bond acceptors (Lipinski definition) is 5. The number of piperidine rings is 1. The van der Waals surface area contributed by atoms with Crippen molar-refractivity contribution in [1.82, 2.24) is 24.6 Å². The van der Waals surface area contributed by atoms with E-state index in [1.54, 1.807) is 24.5 Å². The zero-order valence-corrected chi connectivity index (χ0v) is 19.5. The minimum Gasteiger partial charge on any atom is -0.361 e. The number of nitrogens with two attached hydrogens (primary N) is 1. The van der Waals surface area contributed by atoms with Crippen LogP contribution < -0.4 is 10.6 Å². The average molecular weight is 468 g/mol. The lowest BCUT2D eigenvalue weighted by Crippen LogP contribution is -2.44. The first-order valence-electron chi connectivity index (χ1n) is 12.1. The molecule has 8 heteroatoms. The van der Waals surface area contributed by atoms with Crippen molar-refractivity contribution in [1.29, 1.82) is 0 Å². The zero-order chi connectivity index (χ0) is 23.7. The highest BCUT2D eigenvalue weighted by atomic mass is 19.1. The first kappa shape index (κ1) is 20.6. The number of halogens is 1. The van der Waals surface area contributed by atoms with E-state index in [9.17, 15) is 4.39 Å². The van der Waals surface area contributed by atoms with Crippen molar-refractivity contribution in [3.05, 3.63) is 77.8 Å². The Morgan fingerprint density at radius 3 is 2.80 bits per heavy atom. The van der Waals surface area contributed by atoms with Crippen LogP contribution >= 0.6 is 0 Å². The summed E-state index contributed by atoms with van der Waals surface area (Å²) in [6.45, 7) is 3.76. The quantitative estimate of drug-likeness (QED) is 0.397. The number of rotatable bonds is 2. The molecule has 4 aromatic heterocycles. The Morgan fingerprint density at radius 1 is 1.11 bits per heavy atom. The van der Waals surface area contributed by atoms with E-state index in [0.717, 1.165) is 71.8 Å². The number of aromatic nitrogens is 5. The number of nitrogens with zero attached hydrogens (tertiary/aromatic N) is 5. The Balaban J connectivity index is 1.25. The monoisotopic (exact) mass is 467 g/mol. The van der Waals surface area contributed by atoms with Gasteiger partial charge >= 0.3 is 0 Å². The lowest BCUT2D eigenvalue weighted by molar-refractivity contribution is 0.187. The third-order valence-corrected chi connectivity index (χ3v) is 8.12. The zero-order valence-electron chi connectivity index (χ0n) is 19.5. The van der Waals surface area contributed by atoms with Gasteiger partial charge in [-0.25, -0.2) is 13.9 Å². The van der Waals surface area contributed by atoms with E-state index in [1.165, 1.54) is 11.6 Å². The molecule has 1 fully saturated rings. The van der Waals surface area contributed by atoms with Crippen LogP contribution in [-0.2, 0) is 6.42 Å². The SMILES string of the molecule is Cc1nc(N2CCC3(CC2)Cc2ncccc2[C@H]3N)c2ccnn2c1-c1ccc(F)c2cc[nH]c12. The van der Waals surface area contributed by atoms with Crippen LogP contribution in [0.3, 0.4) is 0 Å². The molecule has 3 N–H and O–H groups in total. The van der Waals surface area contributed by atoms with Crippen molar-refractivity contribution in [2.45, 2.75) is 32.2 Å². The van der Waals surface area contributed by atoms with Crippen LogP contribution in [0.25, 0.3) is 27.7 Å². The third kappa shape index (κ3) is 2.89. The highest BCUT2D eigenvalue weighted by molar-refractivity contribution is 5.95. The molecule has 7 rings (SSSR count). The second kappa shape index (κ2) is 7.36. The van der Waals surface area contributed by atoms with Gasteiger partial charge in [-0.1, -0.05) is 6.07 Å². The van der Waals surface area contributed by atoms with Crippen molar-refractivity contribution >= 4 is 22.2 Å². The van der Waals surface area contributed by atoms with E-state index >= 15 is 0 Å². The lowest BCUT2D eigenvalue weighted by atomic mass is 9.73. The molecule has 1 atom stereocenters. The molecular weight excluding hydrogens is 441 g/mol. The van der Waals surface area contributed by atoms with E-state index < -0.39 is 0 Å². The molecule has 1 aliphatic carbocycles. The molecule has 0 amide bonds. The predicted molar refractivity (Wildman–Crippen MR) is 134 cm³/mol. The molecule has 1 saturated heterocycles. The molecule has 1 spiro atoms. The van der Waals surface area contributed by atoms with Crippen LogP contribution in [0.15, 0.2) is 55.0 Å².